The Morgan fingerprint density at radius 3 is 0.697 bits per heavy atom. The second-order valence-corrected chi connectivity index (χ2v) is 44.0. The van der Waals surface area contributed by atoms with Gasteiger partial charge in [-0.15, -0.1) is 72.0 Å². The molecule has 0 spiro atoms. The molecule has 376 valence electrons. The minimum absolute atomic E-state index is 0. The van der Waals surface area contributed by atoms with Crippen molar-refractivity contribution in [2.45, 2.75) is 233 Å². The first-order chi connectivity index (χ1) is 29.6. The molecular weight excluding hydrogens is 999 g/mol. The Morgan fingerprint density at radius 2 is 0.515 bits per heavy atom. The molecule has 0 saturated carbocycles. The van der Waals surface area contributed by atoms with E-state index in [1.165, 1.54) is 45.8 Å². The van der Waals surface area contributed by atoms with E-state index in [1.54, 1.807) is 0 Å². The molecule has 0 heterocycles. The molecule has 0 bridgehead atoms. The van der Waals surface area contributed by atoms with Crippen LogP contribution in [0.4, 0.5) is 0 Å². The summed E-state index contributed by atoms with van der Waals surface area (Å²) in [6.45, 7) is 56.3. The molecule has 0 aliphatic rings. The van der Waals surface area contributed by atoms with Crippen molar-refractivity contribution in [1.82, 2.24) is 0 Å². The second kappa shape index (κ2) is 27.0. The van der Waals surface area contributed by atoms with E-state index in [2.05, 4.69) is 231 Å². The summed E-state index contributed by atoms with van der Waals surface area (Å²) in [6.07, 6.45) is 0. The van der Waals surface area contributed by atoms with Gasteiger partial charge in [0.05, 0.1) is 0 Å². The summed E-state index contributed by atoms with van der Waals surface area (Å²) in [5, 5.41) is 4.82. The fraction of sp³-hybridized carbons (Fsp3) is 0.655. The molecule has 4 nitrogen and oxygen atoms in total. The summed E-state index contributed by atoms with van der Waals surface area (Å²) in [4.78, 5) is 0. The average Bonchev–Trinajstić information content (AvgIpc) is 3.80. The van der Waals surface area contributed by atoms with Crippen molar-refractivity contribution in [2.75, 3.05) is 0 Å². The molecule has 0 aliphatic heterocycles. The third kappa shape index (κ3) is 12.9. The number of benzene rings is 2. The van der Waals surface area contributed by atoms with Gasteiger partial charge >= 0.3 is 28.4 Å². The van der Waals surface area contributed by atoms with Gasteiger partial charge in [0.15, 0.2) is 0 Å². The van der Waals surface area contributed by atoms with E-state index in [0.29, 0.717) is 66.5 Å². The second-order valence-electron chi connectivity index (χ2n) is 22.5. The molecule has 0 aromatic heterocycles. The summed E-state index contributed by atoms with van der Waals surface area (Å²) in [5.74, 6) is 4.19. The molecule has 0 unspecified atom stereocenters. The van der Waals surface area contributed by atoms with Gasteiger partial charge in [-0.2, -0.15) is 0 Å². The first-order valence-electron chi connectivity index (χ1n) is 25.1. The molecule has 0 saturated heterocycles. The summed E-state index contributed by atoms with van der Waals surface area (Å²) in [5.41, 5.74) is 6.64. The Balaban J connectivity index is 0.00000120. The Labute approximate surface area is 438 Å². The standard InChI is InChI=1S/2C27H47O2Si2.CH2.2ClH.Zr/c2*1-18(2)30(19(3)4,20(5)6)28-26-15-13-14-24-25(26)16-17-27(24)29-31(21(7)8,22(9)10)23(11)12;;;;/h2*13-23H,1-12H3;1H2;2*1H;/q2*-1;;;;+2. The average molecular weight is 1100 g/mol. The van der Waals surface area contributed by atoms with Gasteiger partial charge in [-0.1, -0.05) is 201 Å². The normalized spacial score (nSPS) is 12.9. The monoisotopic (exact) mass is 1090 g/mol. The number of hydrogen-bond donors (Lipinski definition) is 0. The van der Waals surface area contributed by atoms with E-state index >= 15 is 0 Å². The fourth-order valence-electron chi connectivity index (χ4n) is 12.9. The van der Waals surface area contributed by atoms with Crippen molar-refractivity contribution in [2.24, 2.45) is 0 Å². The summed E-state index contributed by atoms with van der Waals surface area (Å²) in [6, 6.07) is 21.9. The van der Waals surface area contributed by atoms with Crippen LogP contribution in [0, 0.1) is 0 Å². The third-order valence-corrected chi connectivity index (χ3v) is 39.4. The molecule has 0 aliphatic carbocycles. The van der Waals surface area contributed by atoms with Gasteiger partial charge < -0.3 is 17.7 Å². The van der Waals surface area contributed by atoms with Gasteiger partial charge in [-0.3, -0.25) is 0 Å². The molecule has 0 N–H and O–H groups in total. The number of fused-ring (bicyclic) bond motifs is 2. The van der Waals surface area contributed by atoms with Gasteiger partial charge in [-0.05, 0) is 78.0 Å². The van der Waals surface area contributed by atoms with Crippen LogP contribution in [0.2, 0.25) is 66.5 Å². The fourth-order valence-corrected chi connectivity index (χ4v) is 34.0. The molecule has 0 radical (unpaired) electrons. The van der Waals surface area contributed by atoms with Gasteiger partial charge in [0.25, 0.3) is 0 Å². The van der Waals surface area contributed by atoms with Crippen LogP contribution in [0.25, 0.3) is 21.5 Å². The van der Waals surface area contributed by atoms with Crippen LogP contribution in [0.5, 0.6) is 23.0 Å². The van der Waals surface area contributed by atoms with E-state index in [0.717, 1.165) is 23.0 Å². The van der Waals surface area contributed by atoms with E-state index < -0.39 is 33.3 Å². The van der Waals surface area contributed by atoms with Gasteiger partial charge in [-0.25, -0.2) is 0 Å². The summed E-state index contributed by atoms with van der Waals surface area (Å²) < 4.78 is 31.6. The molecule has 4 rings (SSSR count). The molecule has 11 heteroatoms. The Morgan fingerprint density at radius 1 is 0.333 bits per heavy atom. The van der Waals surface area contributed by atoms with E-state index in [-0.39, 0.29) is 24.8 Å². The molecule has 66 heavy (non-hydrogen) atoms. The topological polar surface area (TPSA) is 36.9 Å². The maximum absolute atomic E-state index is 7.08. The summed E-state index contributed by atoms with van der Waals surface area (Å²) in [7, 11) is -8.02. The van der Waals surface area contributed by atoms with Crippen LogP contribution in [-0.4, -0.2) is 37.5 Å². The van der Waals surface area contributed by atoms with Crippen LogP contribution in [0.3, 0.4) is 0 Å². The first kappa shape index (κ1) is 65.1. The van der Waals surface area contributed by atoms with Crippen molar-refractivity contribution in [3.05, 3.63) is 60.7 Å². The molecule has 0 atom stereocenters. The predicted octanol–water partition coefficient (Wildman–Crippen LogP) is 20.1. The zero-order valence-electron chi connectivity index (χ0n) is 46.4. The Hall–Kier alpha value is -0.939. The van der Waals surface area contributed by atoms with Crippen molar-refractivity contribution < 1.29 is 41.9 Å². The van der Waals surface area contributed by atoms with E-state index in [1.807, 2.05) is 0 Å². The van der Waals surface area contributed by atoms with Gasteiger partial charge in [0, 0.05) is 11.5 Å². The van der Waals surface area contributed by atoms with Crippen molar-refractivity contribution in [1.29, 1.82) is 0 Å². The SMILES string of the molecule is CC(C)[Si](Oc1c[cH-]c2c(O[Si](C(C)C)(C(C)C)C(C)C)cccc12)(C(C)C)C(C)C.CC(C)[Si](Oc1c[cH-]c2c(O[Si](C(C)C)(C(C)C)C(C)C)cccc12)(C(C)C)C(C)C.Cl.Cl.[CH2]=[Zr+2]. The van der Waals surface area contributed by atoms with Crippen LogP contribution >= 0.6 is 24.8 Å². The van der Waals surface area contributed by atoms with Crippen LogP contribution < -0.4 is 17.7 Å². The Bertz CT molecular complexity index is 1780. The zero-order chi connectivity index (χ0) is 49.4. The van der Waals surface area contributed by atoms with Gasteiger partial charge in [0.1, 0.15) is 0 Å². The molecule has 0 fully saturated rings. The van der Waals surface area contributed by atoms with Crippen molar-refractivity contribution >= 4 is 83.8 Å². The molecular formula is C55H98Cl2O4Si4Zr. The van der Waals surface area contributed by atoms with Crippen LogP contribution in [-0.2, 0) is 24.2 Å². The summed E-state index contributed by atoms with van der Waals surface area (Å²) >= 11 is 1.30. The van der Waals surface area contributed by atoms with E-state index in [9.17, 15) is 0 Å². The van der Waals surface area contributed by atoms with Crippen molar-refractivity contribution in [3.63, 3.8) is 0 Å². The number of halogens is 2. The van der Waals surface area contributed by atoms with Crippen molar-refractivity contribution in [3.8, 4) is 23.0 Å². The quantitative estimate of drug-likeness (QED) is 0.0653. The van der Waals surface area contributed by atoms with Crippen LogP contribution in [0.15, 0.2) is 60.7 Å². The number of hydrogen-bond acceptors (Lipinski definition) is 4. The molecule has 4 aromatic carbocycles. The third-order valence-electron chi connectivity index (χ3n) is 15.4. The Kier molecular flexibility index (Phi) is 26.7. The zero-order valence-corrected chi connectivity index (χ0v) is 54.4. The maximum atomic E-state index is 7.08. The van der Waals surface area contributed by atoms with E-state index in [4.69, 9.17) is 17.7 Å². The first-order valence-corrected chi connectivity index (χ1v) is 35.4. The predicted molar refractivity (Wildman–Crippen MR) is 307 cm³/mol. The number of rotatable bonds is 20. The minimum atomic E-state index is -2.01. The van der Waals surface area contributed by atoms with Gasteiger partial charge in [0.2, 0.25) is 33.3 Å². The van der Waals surface area contributed by atoms with Crippen LogP contribution in [0.1, 0.15) is 166 Å². The molecule has 0 amide bonds. The molecule has 4 aromatic rings.